The second-order valence-electron chi connectivity index (χ2n) is 2.21. The first-order valence-electron chi connectivity index (χ1n) is 3.37. The third kappa shape index (κ3) is 1.74. The summed E-state index contributed by atoms with van der Waals surface area (Å²) in [5, 5.41) is 0. The molecule has 0 aliphatic rings. The molecule has 4 heteroatoms. The molecule has 0 saturated heterocycles. The quantitative estimate of drug-likeness (QED) is 0.682. The Morgan fingerprint density at radius 3 is 2.67 bits per heavy atom. The number of nitrogen functional groups attached to an aromatic ring is 1. The maximum absolute atomic E-state index is 5.58. The minimum atomic E-state index is 0.380. The third-order valence-corrected chi connectivity index (χ3v) is 2.03. The fourth-order valence-electron chi connectivity index (χ4n) is 0.726. The highest BCUT2D eigenvalue weighted by Gasteiger charge is 2.03. The molecule has 0 aromatic carbocycles. The zero-order valence-corrected chi connectivity index (χ0v) is 8.44. The lowest BCUT2D eigenvalue weighted by atomic mass is 10.4. The lowest BCUT2D eigenvalue weighted by molar-refractivity contribution is 1.08. The average Bonchev–Trinajstić information content (AvgIpc) is 2.01. The van der Waals surface area contributed by atoms with Gasteiger partial charge in [-0.1, -0.05) is 5.92 Å². The molecule has 0 atom stereocenters. The van der Waals surface area contributed by atoms with E-state index in [0.717, 1.165) is 5.69 Å². The lowest BCUT2D eigenvalue weighted by Crippen LogP contribution is -2.00. The van der Waals surface area contributed by atoms with Crippen LogP contribution in [0.5, 0.6) is 0 Å². The van der Waals surface area contributed by atoms with Crippen LogP contribution in [-0.4, -0.2) is 9.97 Å². The van der Waals surface area contributed by atoms with E-state index < -0.39 is 0 Å². The summed E-state index contributed by atoms with van der Waals surface area (Å²) < 4.78 is 0.689. The van der Waals surface area contributed by atoms with Gasteiger partial charge in [0.15, 0.2) is 11.5 Å². The Kier molecular flexibility index (Phi) is 2.66. The summed E-state index contributed by atoms with van der Waals surface area (Å²) in [4.78, 5) is 8.18. The fraction of sp³-hybridized carbons (Fsp3) is 0.250. The molecule has 0 fully saturated rings. The summed E-state index contributed by atoms with van der Waals surface area (Å²) in [7, 11) is 0. The smallest absolute Gasteiger partial charge is 0.158 e. The Morgan fingerprint density at radius 1 is 1.42 bits per heavy atom. The Bertz CT molecular complexity index is 363. The molecular weight excluding hydrogens is 218 g/mol. The minimum absolute atomic E-state index is 0.380. The van der Waals surface area contributed by atoms with Crippen LogP contribution in [-0.2, 0) is 0 Å². The van der Waals surface area contributed by atoms with E-state index in [4.69, 9.17) is 5.73 Å². The second-order valence-corrected chi connectivity index (χ2v) is 2.96. The maximum Gasteiger partial charge on any atom is 0.158 e. The second kappa shape index (κ2) is 3.55. The third-order valence-electron chi connectivity index (χ3n) is 1.28. The molecule has 0 unspecified atom stereocenters. The molecule has 0 amide bonds. The molecule has 1 aromatic rings. The van der Waals surface area contributed by atoms with Crippen LogP contribution in [0.25, 0.3) is 0 Å². The standard InChI is InChI=1S/C8H8BrN3/c1-3-4-6-8(10)11-5(2)7(9)12-6/h1-2H3,(H2,10,11). The molecule has 2 N–H and O–H groups in total. The van der Waals surface area contributed by atoms with Gasteiger partial charge in [-0.2, -0.15) is 0 Å². The normalized spacial score (nSPS) is 8.92. The summed E-state index contributed by atoms with van der Waals surface area (Å²) in [5.74, 6) is 5.86. The van der Waals surface area contributed by atoms with E-state index in [9.17, 15) is 0 Å². The summed E-state index contributed by atoms with van der Waals surface area (Å²) in [5.41, 5.74) is 6.87. The van der Waals surface area contributed by atoms with E-state index in [0.29, 0.717) is 16.1 Å². The molecule has 0 spiro atoms. The maximum atomic E-state index is 5.58. The van der Waals surface area contributed by atoms with Crippen molar-refractivity contribution < 1.29 is 0 Å². The lowest BCUT2D eigenvalue weighted by Gasteiger charge is -2.00. The number of aryl methyl sites for hydroxylation is 1. The number of hydrogen-bond acceptors (Lipinski definition) is 3. The SMILES string of the molecule is CC#Cc1nc(Br)c(C)nc1N. The van der Waals surface area contributed by atoms with Crippen LogP contribution in [0.15, 0.2) is 4.60 Å². The number of rotatable bonds is 0. The van der Waals surface area contributed by atoms with E-state index in [1.165, 1.54) is 0 Å². The van der Waals surface area contributed by atoms with Gasteiger partial charge in [0, 0.05) is 0 Å². The van der Waals surface area contributed by atoms with E-state index >= 15 is 0 Å². The Hall–Kier alpha value is -1.08. The van der Waals surface area contributed by atoms with E-state index in [2.05, 4.69) is 37.7 Å². The van der Waals surface area contributed by atoms with Gasteiger partial charge in [-0.15, -0.1) is 0 Å². The van der Waals surface area contributed by atoms with Crippen molar-refractivity contribution in [3.05, 3.63) is 16.0 Å². The monoisotopic (exact) mass is 225 g/mol. The topological polar surface area (TPSA) is 51.8 Å². The van der Waals surface area contributed by atoms with Crippen LogP contribution in [0, 0.1) is 18.8 Å². The van der Waals surface area contributed by atoms with Gasteiger partial charge in [-0.3, -0.25) is 0 Å². The van der Waals surface area contributed by atoms with Crippen molar-refractivity contribution in [3.8, 4) is 11.8 Å². The highest BCUT2D eigenvalue weighted by atomic mass is 79.9. The predicted octanol–water partition coefficient (Wildman–Crippen LogP) is 1.50. The molecule has 12 heavy (non-hydrogen) atoms. The molecule has 0 aliphatic heterocycles. The number of anilines is 1. The van der Waals surface area contributed by atoms with Crippen LogP contribution in [0.2, 0.25) is 0 Å². The van der Waals surface area contributed by atoms with Crippen molar-refractivity contribution in [2.75, 3.05) is 5.73 Å². The average molecular weight is 226 g/mol. The van der Waals surface area contributed by atoms with Gasteiger partial charge in [-0.05, 0) is 35.7 Å². The Balaban J connectivity index is 3.29. The van der Waals surface area contributed by atoms with Crippen LogP contribution < -0.4 is 5.73 Å². The van der Waals surface area contributed by atoms with Crippen molar-refractivity contribution in [2.24, 2.45) is 0 Å². The molecule has 62 valence electrons. The summed E-state index contributed by atoms with van der Waals surface area (Å²) in [6.07, 6.45) is 0. The molecule has 0 bridgehead atoms. The molecule has 1 rings (SSSR count). The largest absolute Gasteiger partial charge is 0.381 e. The zero-order chi connectivity index (χ0) is 9.14. The molecular formula is C8H8BrN3. The predicted molar refractivity (Wildman–Crippen MR) is 51.4 cm³/mol. The summed E-state index contributed by atoms with van der Waals surface area (Å²) in [6, 6.07) is 0. The molecule has 0 radical (unpaired) electrons. The van der Waals surface area contributed by atoms with Crippen LogP contribution in [0.4, 0.5) is 5.82 Å². The van der Waals surface area contributed by atoms with Gasteiger partial charge in [0.1, 0.15) is 4.60 Å². The van der Waals surface area contributed by atoms with Gasteiger partial charge in [-0.25, -0.2) is 9.97 Å². The molecule has 1 heterocycles. The van der Waals surface area contributed by atoms with Crippen molar-refractivity contribution in [2.45, 2.75) is 13.8 Å². The molecule has 0 aliphatic carbocycles. The molecule has 0 saturated carbocycles. The summed E-state index contributed by atoms with van der Waals surface area (Å²) >= 11 is 3.25. The van der Waals surface area contributed by atoms with Crippen molar-refractivity contribution in [3.63, 3.8) is 0 Å². The number of hydrogen-bond donors (Lipinski definition) is 1. The highest BCUT2D eigenvalue weighted by molar-refractivity contribution is 9.10. The highest BCUT2D eigenvalue weighted by Crippen LogP contribution is 2.14. The van der Waals surface area contributed by atoms with Crippen LogP contribution in [0.1, 0.15) is 18.3 Å². The number of halogens is 1. The van der Waals surface area contributed by atoms with Gasteiger partial charge >= 0.3 is 0 Å². The number of aromatic nitrogens is 2. The van der Waals surface area contributed by atoms with Gasteiger partial charge in [0.2, 0.25) is 0 Å². The van der Waals surface area contributed by atoms with Crippen molar-refractivity contribution in [1.82, 2.24) is 9.97 Å². The first-order chi connectivity index (χ1) is 5.65. The van der Waals surface area contributed by atoms with E-state index in [1.54, 1.807) is 6.92 Å². The first-order valence-corrected chi connectivity index (χ1v) is 4.17. The number of nitrogens with two attached hydrogens (primary N) is 1. The molecule has 1 aromatic heterocycles. The Morgan fingerprint density at radius 2 is 2.08 bits per heavy atom. The minimum Gasteiger partial charge on any atom is -0.381 e. The van der Waals surface area contributed by atoms with E-state index in [1.807, 2.05) is 6.92 Å². The fourth-order valence-corrected chi connectivity index (χ4v) is 0.992. The first kappa shape index (κ1) is 9.01. The number of nitrogens with zero attached hydrogens (tertiary/aromatic N) is 2. The summed E-state index contributed by atoms with van der Waals surface area (Å²) in [6.45, 7) is 3.56. The van der Waals surface area contributed by atoms with Crippen molar-refractivity contribution >= 4 is 21.7 Å². The van der Waals surface area contributed by atoms with Gasteiger partial charge in [0.25, 0.3) is 0 Å². The van der Waals surface area contributed by atoms with Gasteiger partial charge in [0.05, 0.1) is 5.69 Å². The van der Waals surface area contributed by atoms with Crippen LogP contribution in [0.3, 0.4) is 0 Å². The van der Waals surface area contributed by atoms with Crippen molar-refractivity contribution in [1.29, 1.82) is 0 Å². The Labute approximate surface area is 79.5 Å². The van der Waals surface area contributed by atoms with Crippen LogP contribution >= 0.6 is 15.9 Å². The van der Waals surface area contributed by atoms with E-state index in [-0.39, 0.29) is 0 Å². The zero-order valence-electron chi connectivity index (χ0n) is 6.85. The molecule has 3 nitrogen and oxygen atoms in total. The van der Waals surface area contributed by atoms with Gasteiger partial charge < -0.3 is 5.73 Å².